The fraction of sp³-hybridized carbons (Fsp3) is 0.800. The molecule has 0 atom stereocenters. The molecular weight excluding hydrogens is 166 g/mol. The van der Waals surface area contributed by atoms with Crippen LogP contribution in [-0.2, 0) is 9.59 Å². The van der Waals surface area contributed by atoms with Crippen LogP contribution in [-0.4, -0.2) is 22.8 Å². The lowest BCUT2D eigenvalue weighted by atomic mass is 9.94. The fourth-order valence-electron chi connectivity index (χ4n) is 2.34. The first-order chi connectivity index (χ1) is 6.29. The second-order valence-electron chi connectivity index (χ2n) is 3.95. The van der Waals surface area contributed by atoms with Gasteiger partial charge in [-0.05, 0) is 12.8 Å². The van der Waals surface area contributed by atoms with Gasteiger partial charge >= 0.3 is 0 Å². The Bertz CT molecular complexity index is 215. The molecule has 0 aromatic heterocycles. The summed E-state index contributed by atoms with van der Waals surface area (Å²) in [6.45, 7) is 0. The molecule has 0 spiro atoms. The van der Waals surface area contributed by atoms with Gasteiger partial charge in [0.15, 0.2) is 0 Å². The van der Waals surface area contributed by atoms with Gasteiger partial charge in [-0.2, -0.15) is 0 Å². The van der Waals surface area contributed by atoms with Crippen molar-refractivity contribution in [2.75, 3.05) is 0 Å². The van der Waals surface area contributed by atoms with Crippen LogP contribution in [0.4, 0.5) is 0 Å². The Balaban J connectivity index is 2.05. The molecule has 2 aliphatic rings. The van der Waals surface area contributed by atoms with E-state index in [1.807, 2.05) is 0 Å². The van der Waals surface area contributed by atoms with E-state index in [9.17, 15) is 9.59 Å². The van der Waals surface area contributed by atoms with E-state index in [4.69, 9.17) is 0 Å². The van der Waals surface area contributed by atoms with Crippen LogP contribution in [0.3, 0.4) is 0 Å². The van der Waals surface area contributed by atoms with E-state index in [1.54, 1.807) is 0 Å². The quantitative estimate of drug-likeness (QED) is 0.574. The molecule has 0 N–H and O–H groups in total. The highest BCUT2D eigenvalue weighted by molar-refractivity contribution is 6.02. The van der Waals surface area contributed by atoms with Crippen molar-refractivity contribution in [2.24, 2.45) is 0 Å². The zero-order valence-corrected chi connectivity index (χ0v) is 7.79. The molecule has 0 aromatic rings. The van der Waals surface area contributed by atoms with Crippen LogP contribution in [0.2, 0.25) is 0 Å². The van der Waals surface area contributed by atoms with Gasteiger partial charge in [-0.3, -0.25) is 14.5 Å². The molecule has 72 valence electrons. The topological polar surface area (TPSA) is 37.4 Å². The van der Waals surface area contributed by atoms with Gasteiger partial charge < -0.3 is 0 Å². The zero-order chi connectivity index (χ0) is 9.26. The first-order valence-electron chi connectivity index (χ1n) is 5.14. The molecule has 1 aliphatic carbocycles. The standard InChI is InChI=1S/C10H15NO2/c12-9-6-7-10(13)11(9)8-4-2-1-3-5-8/h8H,1-7H2. The van der Waals surface area contributed by atoms with E-state index in [-0.39, 0.29) is 17.9 Å². The van der Waals surface area contributed by atoms with E-state index in [0.717, 1.165) is 12.8 Å². The smallest absolute Gasteiger partial charge is 0.229 e. The van der Waals surface area contributed by atoms with Gasteiger partial charge in [0.05, 0.1) is 0 Å². The molecule has 0 radical (unpaired) electrons. The van der Waals surface area contributed by atoms with Crippen LogP contribution < -0.4 is 0 Å². The van der Waals surface area contributed by atoms with Gasteiger partial charge in [0.2, 0.25) is 11.8 Å². The van der Waals surface area contributed by atoms with Crippen molar-refractivity contribution >= 4 is 11.8 Å². The molecule has 1 saturated carbocycles. The molecule has 0 aromatic carbocycles. The van der Waals surface area contributed by atoms with Crippen LogP contribution in [0.25, 0.3) is 0 Å². The average molecular weight is 181 g/mol. The van der Waals surface area contributed by atoms with E-state index in [1.165, 1.54) is 24.2 Å². The summed E-state index contributed by atoms with van der Waals surface area (Å²) in [5.41, 5.74) is 0. The third kappa shape index (κ3) is 1.60. The normalized spacial score (nSPS) is 25.7. The Labute approximate surface area is 78.1 Å². The number of hydrogen-bond acceptors (Lipinski definition) is 2. The minimum Gasteiger partial charge on any atom is -0.280 e. The van der Waals surface area contributed by atoms with Crippen LogP contribution in [0.1, 0.15) is 44.9 Å². The molecule has 1 heterocycles. The van der Waals surface area contributed by atoms with Crippen molar-refractivity contribution in [1.29, 1.82) is 0 Å². The van der Waals surface area contributed by atoms with Crippen molar-refractivity contribution in [3.05, 3.63) is 0 Å². The zero-order valence-electron chi connectivity index (χ0n) is 7.79. The predicted molar refractivity (Wildman–Crippen MR) is 48.0 cm³/mol. The van der Waals surface area contributed by atoms with Crippen molar-refractivity contribution in [2.45, 2.75) is 51.0 Å². The number of amides is 2. The van der Waals surface area contributed by atoms with Gasteiger partial charge in [0, 0.05) is 18.9 Å². The minimum atomic E-state index is 0.0527. The van der Waals surface area contributed by atoms with Gasteiger partial charge in [0.1, 0.15) is 0 Å². The summed E-state index contributed by atoms with van der Waals surface area (Å²) in [5, 5.41) is 0. The van der Waals surface area contributed by atoms with Gasteiger partial charge in [-0.15, -0.1) is 0 Å². The predicted octanol–water partition coefficient (Wildman–Crippen LogP) is 1.47. The van der Waals surface area contributed by atoms with E-state index < -0.39 is 0 Å². The van der Waals surface area contributed by atoms with Gasteiger partial charge in [0.25, 0.3) is 0 Å². The Morgan fingerprint density at radius 1 is 0.923 bits per heavy atom. The molecule has 2 fully saturated rings. The van der Waals surface area contributed by atoms with Crippen molar-refractivity contribution < 1.29 is 9.59 Å². The first-order valence-corrected chi connectivity index (χ1v) is 5.14. The minimum absolute atomic E-state index is 0.0527. The maximum absolute atomic E-state index is 11.4. The van der Waals surface area contributed by atoms with Crippen LogP contribution in [0, 0.1) is 0 Å². The number of carbonyl (C=O) groups excluding carboxylic acids is 2. The molecule has 3 heteroatoms. The Morgan fingerprint density at radius 2 is 1.46 bits per heavy atom. The number of hydrogen-bond donors (Lipinski definition) is 0. The molecule has 0 unspecified atom stereocenters. The Hall–Kier alpha value is -0.860. The summed E-state index contributed by atoms with van der Waals surface area (Å²) in [4.78, 5) is 24.3. The van der Waals surface area contributed by atoms with Crippen LogP contribution >= 0.6 is 0 Å². The molecule has 13 heavy (non-hydrogen) atoms. The third-order valence-electron chi connectivity index (χ3n) is 3.03. The highest BCUT2D eigenvalue weighted by Gasteiger charge is 2.35. The molecule has 1 saturated heterocycles. The number of nitrogens with zero attached hydrogens (tertiary/aromatic N) is 1. The summed E-state index contributed by atoms with van der Waals surface area (Å²) in [5.74, 6) is 0.105. The molecule has 3 nitrogen and oxygen atoms in total. The third-order valence-corrected chi connectivity index (χ3v) is 3.03. The second kappa shape index (κ2) is 3.48. The Morgan fingerprint density at radius 3 is 2.00 bits per heavy atom. The number of carbonyl (C=O) groups is 2. The van der Waals surface area contributed by atoms with Crippen molar-refractivity contribution in [1.82, 2.24) is 4.90 Å². The lowest BCUT2D eigenvalue weighted by Gasteiger charge is -2.29. The molecule has 2 amide bonds. The largest absolute Gasteiger partial charge is 0.280 e. The maximum atomic E-state index is 11.4. The summed E-state index contributed by atoms with van der Waals surface area (Å²) in [6.07, 6.45) is 6.52. The Kier molecular flexibility index (Phi) is 2.34. The average Bonchev–Trinajstić information content (AvgIpc) is 2.48. The first kappa shape index (κ1) is 8.73. The SMILES string of the molecule is O=C1CCC(=O)N1C1CCCCC1. The number of likely N-dealkylation sites (tertiary alicyclic amines) is 1. The van der Waals surface area contributed by atoms with E-state index >= 15 is 0 Å². The summed E-state index contributed by atoms with van der Waals surface area (Å²) in [6, 6.07) is 0.233. The molecule has 1 aliphatic heterocycles. The van der Waals surface area contributed by atoms with Gasteiger partial charge in [-0.25, -0.2) is 0 Å². The number of imide groups is 1. The van der Waals surface area contributed by atoms with Crippen LogP contribution in [0.15, 0.2) is 0 Å². The lowest BCUT2D eigenvalue weighted by Crippen LogP contribution is -2.40. The van der Waals surface area contributed by atoms with Gasteiger partial charge in [-0.1, -0.05) is 19.3 Å². The summed E-state index contributed by atoms with van der Waals surface area (Å²) in [7, 11) is 0. The van der Waals surface area contributed by atoms with Crippen molar-refractivity contribution in [3.8, 4) is 0 Å². The van der Waals surface area contributed by atoms with E-state index in [2.05, 4.69) is 0 Å². The summed E-state index contributed by atoms with van der Waals surface area (Å²) >= 11 is 0. The second-order valence-corrected chi connectivity index (χ2v) is 3.95. The molecule has 0 bridgehead atoms. The van der Waals surface area contributed by atoms with Crippen molar-refractivity contribution in [3.63, 3.8) is 0 Å². The summed E-state index contributed by atoms with van der Waals surface area (Å²) < 4.78 is 0. The molecular formula is C10H15NO2. The van der Waals surface area contributed by atoms with Crippen LogP contribution in [0.5, 0.6) is 0 Å². The van der Waals surface area contributed by atoms with E-state index in [0.29, 0.717) is 12.8 Å². The highest BCUT2D eigenvalue weighted by atomic mass is 16.2. The monoisotopic (exact) mass is 181 g/mol. The lowest BCUT2D eigenvalue weighted by molar-refractivity contribution is -0.141. The molecule has 2 rings (SSSR count). The number of rotatable bonds is 1. The highest BCUT2D eigenvalue weighted by Crippen LogP contribution is 2.26. The maximum Gasteiger partial charge on any atom is 0.229 e. The fourth-order valence-corrected chi connectivity index (χ4v) is 2.34.